The maximum atomic E-state index is 12.1. The standard InChI is InChI=1S/C14H19F3OSi/c1-19(2,3)10-13(9-18-11-14(15,16)17)12-7-5-4-6-8-12/h4-8,10H,9,11H2,1-3H3/b13-10+. The van der Waals surface area contributed by atoms with E-state index in [1.165, 1.54) is 0 Å². The lowest BCUT2D eigenvalue weighted by molar-refractivity contribution is -0.170. The summed E-state index contributed by atoms with van der Waals surface area (Å²) in [5.41, 5.74) is 3.84. The summed E-state index contributed by atoms with van der Waals surface area (Å²) in [5.74, 6) is 0. The largest absolute Gasteiger partial charge is 0.411 e. The lowest BCUT2D eigenvalue weighted by Gasteiger charge is -2.16. The molecule has 0 amide bonds. The fourth-order valence-corrected chi connectivity index (χ4v) is 2.96. The van der Waals surface area contributed by atoms with E-state index in [9.17, 15) is 13.2 Å². The molecule has 1 aromatic carbocycles. The van der Waals surface area contributed by atoms with E-state index >= 15 is 0 Å². The first-order valence-electron chi connectivity index (χ1n) is 6.09. The predicted octanol–water partition coefficient (Wildman–Crippen LogP) is 4.53. The van der Waals surface area contributed by atoms with Gasteiger partial charge >= 0.3 is 6.18 Å². The first-order chi connectivity index (χ1) is 8.67. The molecule has 0 aromatic heterocycles. The monoisotopic (exact) mass is 288 g/mol. The van der Waals surface area contributed by atoms with Gasteiger partial charge in [-0.15, -0.1) is 0 Å². The zero-order valence-corrected chi connectivity index (χ0v) is 12.4. The number of alkyl halides is 3. The minimum Gasteiger partial charge on any atom is -0.367 e. The van der Waals surface area contributed by atoms with Crippen LogP contribution in [0, 0.1) is 0 Å². The fraction of sp³-hybridized carbons (Fsp3) is 0.429. The molecule has 0 aliphatic heterocycles. The first-order valence-corrected chi connectivity index (χ1v) is 9.67. The summed E-state index contributed by atoms with van der Waals surface area (Å²) < 4.78 is 41.1. The van der Waals surface area contributed by atoms with Crippen LogP contribution in [0.25, 0.3) is 5.57 Å². The van der Waals surface area contributed by atoms with Crippen molar-refractivity contribution < 1.29 is 17.9 Å². The van der Waals surface area contributed by atoms with Crippen molar-refractivity contribution in [3.63, 3.8) is 0 Å². The van der Waals surface area contributed by atoms with Crippen LogP contribution in [0.15, 0.2) is 36.0 Å². The van der Waals surface area contributed by atoms with Crippen molar-refractivity contribution in [3.8, 4) is 0 Å². The molecule has 0 unspecified atom stereocenters. The van der Waals surface area contributed by atoms with Gasteiger partial charge in [0.1, 0.15) is 6.61 Å². The molecule has 0 saturated carbocycles. The van der Waals surface area contributed by atoms with E-state index < -0.39 is 20.9 Å². The van der Waals surface area contributed by atoms with Crippen molar-refractivity contribution in [2.75, 3.05) is 13.2 Å². The molecule has 0 aliphatic rings. The Morgan fingerprint density at radius 3 is 2.21 bits per heavy atom. The van der Waals surface area contributed by atoms with Crippen molar-refractivity contribution in [3.05, 3.63) is 41.6 Å². The van der Waals surface area contributed by atoms with E-state index in [4.69, 9.17) is 4.74 Å². The summed E-state index contributed by atoms with van der Waals surface area (Å²) in [6.45, 7) is 5.20. The van der Waals surface area contributed by atoms with Crippen molar-refractivity contribution in [2.24, 2.45) is 0 Å². The lowest BCUT2D eigenvalue weighted by atomic mass is 10.1. The third kappa shape index (κ3) is 7.18. The highest BCUT2D eigenvalue weighted by atomic mass is 28.3. The Bertz CT molecular complexity index is 419. The second-order valence-corrected chi connectivity index (χ2v) is 10.5. The van der Waals surface area contributed by atoms with Crippen LogP contribution in [0.1, 0.15) is 5.56 Å². The average molecular weight is 288 g/mol. The third-order valence-corrected chi connectivity index (χ3v) is 3.49. The number of hydrogen-bond donors (Lipinski definition) is 0. The molecular weight excluding hydrogens is 269 g/mol. The molecule has 0 heterocycles. The van der Waals surface area contributed by atoms with Gasteiger partial charge in [-0.05, 0) is 11.1 Å². The van der Waals surface area contributed by atoms with Crippen LogP contribution < -0.4 is 0 Å². The van der Waals surface area contributed by atoms with Crippen LogP contribution in [0.2, 0.25) is 19.6 Å². The van der Waals surface area contributed by atoms with Crippen molar-refractivity contribution in [2.45, 2.75) is 25.8 Å². The summed E-state index contributed by atoms with van der Waals surface area (Å²) in [5, 5.41) is 0. The molecule has 0 fully saturated rings. The van der Waals surface area contributed by atoms with E-state index in [1.807, 2.05) is 30.3 Å². The number of hydrogen-bond acceptors (Lipinski definition) is 1. The summed E-state index contributed by atoms with van der Waals surface area (Å²) in [7, 11) is -1.52. The van der Waals surface area contributed by atoms with Gasteiger partial charge in [-0.25, -0.2) is 0 Å². The van der Waals surface area contributed by atoms with Gasteiger partial charge in [0.25, 0.3) is 0 Å². The number of halogens is 3. The molecule has 1 rings (SSSR count). The Morgan fingerprint density at radius 1 is 1.16 bits per heavy atom. The van der Waals surface area contributed by atoms with Gasteiger partial charge in [0.2, 0.25) is 0 Å². The minimum absolute atomic E-state index is 0.00616. The maximum absolute atomic E-state index is 12.1. The zero-order valence-electron chi connectivity index (χ0n) is 11.4. The molecular formula is C14H19F3OSi. The Kier molecular flexibility index (Phi) is 5.37. The molecule has 0 bridgehead atoms. The minimum atomic E-state index is -4.28. The number of rotatable bonds is 5. The van der Waals surface area contributed by atoms with Crippen LogP contribution >= 0.6 is 0 Å². The van der Waals surface area contributed by atoms with Crippen LogP contribution in [0.3, 0.4) is 0 Å². The Hall–Kier alpha value is -1.07. The van der Waals surface area contributed by atoms with Gasteiger partial charge in [-0.3, -0.25) is 0 Å². The van der Waals surface area contributed by atoms with Crippen molar-refractivity contribution in [1.82, 2.24) is 0 Å². The molecule has 106 valence electrons. The topological polar surface area (TPSA) is 9.23 Å². The van der Waals surface area contributed by atoms with Gasteiger partial charge < -0.3 is 4.74 Å². The molecule has 0 N–H and O–H groups in total. The maximum Gasteiger partial charge on any atom is 0.411 e. The molecule has 1 nitrogen and oxygen atoms in total. The molecule has 0 spiro atoms. The van der Waals surface area contributed by atoms with Gasteiger partial charge in [-0.2, -0.15) is 13.2 Å². The second kappa shape index (κ2) is 6.39. The number of ether oxygens (including phenoxy) is 1. The molecule has 0 saturated heterocycles. The molecule has 0 atom stereocenters. The Labute approximate surface area is 113 Å². The SMILES string of the molecule is C[Si](C)(C)/C=C(\COCC(F)(F)F)c1ccccc1. The number of benzene rings is 1. The second-order valence-electron chi connectivity index (χ2n) is 5.51. The highest BCUT2D eigenvalue weighted by Crippen LogP contribution is 2.20. The Morgan fingerprint density at radius 2 is 1.74 bits per heavy atom. The highest BCUT2D eigenvalue weighted by Gasteiger charge is 2.27. The fourth-order valence-electron chi connectivity index (χ4n) is 1.66. The van der Waals surface area contributed by atoms with Gasteiger partial charge in [0, 0.05) is 0 Å². The molecule has 0 aliphatic carbocycles. The van der Waals surface area contributed by atoms with E-state index in [-0.39, 0.29) is 6.61 Å². The van der Waals surface area contributed by atoms with Gasteiger partial charge in [0.05, 0.1) is 14.7 Å². The zero-order chi connectivity index (χ0) is 14.5. The summed E-state index contributed by atoms with van der Waals surface area (Å²) >= 11 is 0. The van der Waals surface area contributed by atoms with E-state index in [0.29, 0.717) is 0 Å². The highest BCUT2D eigenvalue weighted by molar-refractivity contribution is 6.81. The van der Waals surface area contributed by atoms with E-state index in [2.05, 4.69) is 25.3 Å². The van der Waals surface area contributed by atoms with Crippen LogP contribution in [0.4, 0.5) is 13.2 Å². The predicted molar refractivity (Wildman–Crippen MR) is 74.6 cm³/mol. The summed E-state index contributed by atoms with van der Waals surface area (Å²) in [4.78, 5) is 0. The average Bonchev–Trinajstić information content (AvgIpc) is 2.25. The van der Waals surface area contributed by atoms with Gasteiger partial charge in [-0.1, -0.05) is 55.7 Å². The van der Waals surface area contributed by atoms with E-state index in [0.717, 1.165) is 11.1 Å². The molecule has 0 radical (unpaired) electrons. The molecule has 1 aromatic rings. The summed E-state index contributed by atoms with van der Waals surface area (Å²) in [6, 6.07) is 9.41. The van der Waals surface area contributed by atoms with Crippen molar-refractivity contribution >= 4 is 13.6 Å². The van der Waals surface area contributed by atoms with Crippen molar-refractivity contribution in [1.29, 1.82) is 0 Å². The normalized spacial score (nSPS) is 13.7. The van der Waals surface area contributed by atoms with Gasteiger partial charge in [0.15, 0.2) is 0 Å². The first kappa shape index (κ1) is 16.0. The quantitative estimate of drug-likeness (QED) is 0.723. The smallest absolute Gasteiger partial charge is 0.367 e. The molecule has 5 heteroatoms. The lowest BCUT2D eigenvalue weighted by Crippen LogP contribution is -2.20. The molecule has 19 heavy (non-hydrogen) atoms. The van der Waals surface area contributed by atoms with E-state index in [1.54, 1.807) is 0 Å². The summed E-state index contributed by atoms with van der Waals surface area (Å²) in [6.07, 6.45) is -4.28. The van der Waals surface area contributed by atoms with Crippen LogP contribution in [-0.2, 0) is 4.74 Å². The Balaban J connectivity index is 2.81. The van der Waals surface area contributed by atoms with Crippen LogP contribution in [-0.4, -0.2) is 27.5 Å². The third-order valence-electron chi connectivity index (χ3n) is 2.28. The van der Waals surface area contributed by atoms with Crippen LogP contribution in [0.5, 0.6) is 0 Å².